The van der Waals surface area contributed by atoms with E-state index in [9.17, 15) is 14.9 Å². The molecule has 0 unspecified atom stereocenters. The topological polar surface area (TPSA) is 129 Å². The number of ketones is 1. The van der Waals surface area contributed by atoms with Crippen LogP contribution in [0.3, 0.4) is 0 Å². The van der Waals surface area contributed by atoms with E-state index in [0.29, 0.717) is 11.1 Å². The lowest BCUT2D eigenvalue weighted by Crippen LogP contribution is -2.18. The van der Waals surface area contributed by atoms with Crippen molar-refractivity contribution in [3.63, 3.8) is 0 Å². The van der Waals surface area contributed by atoms with E-state index in [1.54, 1.807) is 24.3 Å². The Labute approximate surface area is 120 Å². The number of primary amides is 2. The van der Waals surface area contributed by atoms with E-state index in [1.807, 2.05) is 6.07 Å². The molecule has 0 aliphatic heterocycles. The average Bonchev–Trinajstić information content (AvgIpc) is 2.47. The van der Waals surface area contributed by atoms with Crippen molar-refractivity contribution in [2.75, 3.05) is 0 Å². The van der Waals surface area contributed by atoms with Crippen LogP contribution in [0.25, 0.3) is 0 Å². The van der Waals surface area contributed by atoms with Gasteiger partial charge >= 0.3 is 6.03 Å². The zero-order valence-electron chi connectivity index (χ0n) is 10.9. The van der Waals surface area contributed by atoms with Gasteiger partial charge in [-0.3, -0.25) is 14.9 Å². The summed E-state index contributed by atoms with van der Waals surface area (Å²) in [6.45, 7) is 0. The molecule has 7 nitrogen and oxygen atoms in total. The Bertz CT molecular complexity index is 635. The van der Waals surface area contributed by atoms with Gasteiger partial charge in [0.15, 0.2) is 5.78 Å². The second-order valence-electron chi connectivity index (χ2n) is 3.90. The summed E-state index contributed by atoms with van der Waals surface area (Å²) in [7, 11) is 0. The van der Waals surface area contributed by atoms with Crippen LogP contribution in [0.1, 0.15) is 15.9 Å². The highest BCUT2D eigenvalue weighted by Gasteiger charge is 2.10. The number of nitrogens with zero attached hydrogens (tertiary/aromatic N) is 1. The first-order valence-corrected chi connectivity index (χ1v) is 5.81. The van der Waals surface area contributed by atoms with E-state index >= 15 is 0 Å². The molecule has 0 aliphatic rings. The van der Waals surface area contributed by atoms with E-state index < -0.39 is 11.0 Å². The zero-order valence-corrected chi connectivity index (χ0v) is 10.9. The Morgan fingerprint density at radius 3 is 1.71 bits per heavy atom. The number of benzene rings is 2. The fourth-order valence-corrected chi connectivity index (χ4v) is 1.49. The smallest absolute Gasteiger partial charge is 0.309 e. The minimum atomic E-state index is -0.833. The Morgan fingerprint density at radius 2 is 1.29 bits per heavy atom. The third-order valence-electron chi connectivity index (χ3n) is 2.38. The number of non-ortho nitro benzene ring substituents is 1. The molecule has 0 saturated heterocycles. The third-order valence-corrected chi connectivity index (χ3v) is 2.38. The first-order valence-electron chi connectivity index (χ1n) is 5.81. The van der Waals surface area contributed by atoms with Crippen molar-refractivity contribution in [1.82, 2.24) is 0 Å². The number of carbonyl (C=O) groups excluding carboxylic acids is 2. The molecule has 0 fully saturated rings. The van der Waals surface area contributed by atoms with E-state index in [1.165, 1.54) is 24.3 Å². The SMILES string of the molecule is NC(N)=O.O=C(c1ccccc1)c1ccc([N+](=O)[O-])cc1. The van der Waals surface area contributed by atoms with Crippen molar-refractivity contribution < 1.29 is 14.5 Å². The van der Waals surface area contributed by atoms with Gasteiger partial charge in [0.2, 0.25) is 0 Å². The molecule has 0 spiro atoms. The minimum Gasteiger partial charge on any atom is -0.352 e. The summed E-state index contributed by atoms with van der Waals surface area (Å²) in [6.07, 6.45) is 0. The normalized spacial score (nSPS) is 9.14. The minimum absolute atomic E-state index is 0.0189. The first-order chi connectivity index (χ1) is 9.91. The van der Waals surface area contributed by atoms with E-state index in [-0.39, 0.29) is 11.5 Å². The highest BCUT2D eigenvalue weighted by Crippen LogP contribution is 2.15. The summed E-state index contributed by atoms with van der Waals surface area (Å²) in [5, 5.41) is 10.5. The second kappa shape index (κ2) is 7.39. The Balaban J connectivity index is 0.000000491. The Hall–Kier alpha value is -3.22. The maximum atomic E-state index is 12.0. The van der Waals surface area contributed by atoms with Crippen LogP contribution >= 0.6 is 0 Å². The van der Waals surface area contributed by atoms with E-state index in [2.05, 4.69) is 11.5 Å². The van der Waals surface area contributed by atoms with Crippen LogP contribution in [0.15, 0.2) is 54.6 Å². The Kier molecular flexibility index (Phi) is 5.57. The van der Waals surface area contributed by atoms with Crippen molar-refractivity contribution in [1.29, 1.82) is 0 Å². The predicted octanol–water partition coefficient (Wildman–Crippen LogP) is 1.85. The molecule has 2 aromatic rings. The highest BCUT2D eigenvalue weighted by molar-refractivity contribution is 6.09. The van der Waals surface area contributed by atoms with E-state index in [0.717, 1.165) is 0 Å². The molecular weight excluding hydrogens is 274 g/mol. The molecule has 2 aromatic carbocycles. The van der Waals surface area contributed by atoms with Gasteiger partial charge < -0.3 is 11.5 Å². The number of nitro groups is 1. The third kappa shape index (κ3) is 5.11. The van der Waals surface area contributed by atoms with Crippen LogP contribution < -0.4 is 11.5 Å². The summed E-state index contributed by atoms with van der Waals surface area (Å²) in [6, 6.07) is 13.6. The average molecular weight is 287 g/mol. The fraction of sp³-hybridized carbons (Fsp3) is 0. The van der Waals surface area contributed by atoms with Gasteiger partial charge in [0.1, 0.15) is 0 Å². The predicted molar refractivity (Wildman–Crippen MR) is 76.7 cm³/mol. The standard InChI is InChI=1S/C13H9NO3.CH4N2O/c15-13(10-4-2-1-3-5-10)11-6-8-12(9-7-11)14(16)17;2-1(3)4/h1-9H;(H4,2,3,4). The van der Waals surface area contributed by atoms with Crippen LogP contribution in [0, 0.1) is 10.1 Å². The summed E-state index contributed by atoms with van der Waals surface area (Å²) in [5.41, 5.74) is 9.50. The van der Waals surface area contributed by atoms with Gasteiger partial charge in [-0.25, -0.2) is 4.79 Å². The van der Waals surface area contributed by atoms with Crippen molar-refractivity contribution in [3.05, 3.63) is 75.8 Å². The van der Waals surface area contributed by atoms with Crippen molar-refractivity contribution >= 4 is 17.5 Å². The van der Waals surface area contributed by atoms with Crippen molar-refractivity contribution in [2.45, 2.75) is 0 Å². The summed E-state index contributed by atoms with van der Waals surface area (Å²) < 4.78 is 0. The van der Waals surface area contributed by atoms with Crippen molar-refractivity contribution in [3.8, 4) is 0 Å². The van der Waals surface area contributed by atoms with Crippen LogP contribution in [-0.2, 0) is 0 Å². The van der Waals surface area contributed by atoms with E-state index in [4.69, 9.17) is 4.79 Å². The molecular formula is C14H13N3O4. The number of nitrogens with two attached hydrogens (primary N) is 2. The summed E-state index contributed by atoms with van der Waals surface area (Å²) in [5.74, 6) is -0.138. The Morgan fingerprint density at radius 1 is 0.857 bits per heavy atom. The second-order valence-corrected chi connectivity index (χ2v) is 3.90. The van der Waals surface area contributed by atoms with Crippen LogP contribution in [0.5, 0.6) is 0 Å². The van der Waals surface area contributed by atoms with Crippen LogP contribution in [-0.4, -0.2) is 16.7 Å². The van der Waals surface area contributed by atoms with Gasteiger partial charge in [-0.15, -0.1) is 0 Å². The van der Waals surface area contributed by atoms with Crippen LogP contribution in [0.4, 0.5) is 10.5 Å². The molecule has 4 N–H and O–H groups in total. The van der Waals surface area contributed by atoms with Crippen LogP contribution in [0.2, 0.25) is 0 Å². The lowest BCUT2D eigenvalue weighted by atomic mass is 10.0. The van der Waals surface area contributed by atoms with Gasteiger partial charge in [-0.1, -0.05) is 30.3 Å². The maximum absolute atomic E-state index is 12.0. The zero-order chi connectivity index (χ0) is 15.8. The number of amides is 2. The molecule has 0 radical (unpaired) electrons. The van der Waals surface area contributed by atoms with Gasteiger partial charge in [-0.2, -0.15) is 0 Å². The molecule has 0 atom stereocenters. The summed E-state index contributed by atoms with van der Waals surface area (Å²) >= 11 is 0. The molecule has 108 valence electrons. The molecule has 7 heteroatoms. The number of hydrogen-bond donors (Lipinski definition) is 2. The molecule has 0 aliphatic carbocycles. The molecule has 0 bridgehead atoms. The lowest BCUT2D eigenvalue weighted by Gasteiger charge is -2.00. The number of urea groups is 1. The monoisotopic (exact) mass is 287 g/mol. The van der Waals surface area contributed by atoms with Gasteiger partial charge in [0.25, 0.3) is 5.69 Å². The maximum Gasteiger partial charge on any atom is 0.309 e. The number of carbonyl (C=O) groups is 2. The highest BCUT2D eigenvalue weighted by atomic mass is 16.6. The first kappa shape index (κ1) is 15.8. The van der Waals surface area contributed by atoms with Crippen molar-refractivity contribution in [2.24, 2.45) is 11.5 Å². The quantitative estimate of drug-likeness (QED) is 0.506. The molecule has 2 rings (SSSR count). The largest absolute Gasteiger partial charge is 0.352 e. The van der Waals surface area contributed by atoms with Gasteiger partial charge in [0.05, 0.1) is 4.92 Å². The number of nitro benzene ring substituents is 1. The molecule has 21 heavy (non-hydrogen) atoms. The molecule has 0 aromatic heterocycles. The number of hydrogen-bond acceptors (Lipinski definition) is 4. The summed E-state index contributed by atoms with van der Waals surface area (Å²) in [4.78, 5) is 30.9. The number of rotatable bonds is 3. The fourth-order valence-electron chi connectivity index (χ4n) is 1.49. The molecule has 2 amide bonds. The van der Waals surface area contributed by atoms with Gasteiger partial charge in [-0.05, 0) is 12.1 Å². The molecule has 0 saturated carbocycles. The van der Waals surface area contributed by atoms with Gasteiger partial charge in [0, 0.05) is 23.3 Å². The lowest BCUT2D eigenvalue weighted by molar-refractivity contribution is -0.384. The molecule has 0 heterocycles.